The second-order valence-corrected chi connectivity index (χ2v) is 7.34. The summed E-state index contributed by atoms with van der Waals surface area (Å²) >= 11 is 0. The number of nitrogens with zero attached hydrogens (tertiary/aromatic N) is 3. The monoisotopic (exact) mass is 467 g/mol. The second kappa shape index (κ2) is 13.6. The standard InChI is InChI=1S/C18H37N5O.HI/c1-6-7-10-23-11-8-16(9-12-23)21-18(19-13-15(2)3)20-14-17(24)22(4)5;/h15-16H,6-14H2,1-5H3,(H2,19,20,21);1H. The molecule has 0 unspecified atom stereocenters. The molecule has 1 rings (SSSR count). The molecule has 0 atom stereocenters. The van der Waals surface area contributed by atoms with Gasteiger partial charge in [-0.25, -0.2) is 4.99 Å². The topological polar surface area (TPSA) is 60.0 Å². The minimum Gasteiger partial charge on any atom is -0.356 e. The fraction of sp³-hybridized carbons (Fsp3) is 0.889. The van der Waals surface area contributed by atoms with E-state index in [4.69, 9.17) is 0 Å². The molecule has 148 valence electrons. The fourth-order valence-corrected chi connectivity index (χ4v) is 2.62. The summed E-state index contributed by atoms with van der Waals surface area (Å²) in [6, 6.07) is 0.441. The van der Waals surface area contributed by atoms with Crippen molar-refractivity contribution in [1.82, 2.24) is 20.4 Å². The Bertz CT molecular complexity index is 393. The number of carbonyl (C=O) groups excluding carboxylic acids is 1. The molecule has 0 bridgehead atoms. The van der Waals surface area contributed by atoms with E-state index in [1.165, 1.54) is 19.4 Å². The van der Waals surface area contributed by atoms with Gasteiger partial charge in [-0.3, -0.25) is 4.79 Å². The average molecular weight is 467 g/mol. The second-order valence-electron chi connectivity index (χ2n) is 7.34. The number of piperidine rings is 1. The van der Waals surface area contributed by atoms with Gasteiger partial charge in [0.15, 0.2) is 5.96 Å². The van der Waals surface area contributed by atoms with Gasteiger partial charge >= 0.3 is 0 Å². The van der Waals surface area contributed by atoms with Crippen molar-refractivity contribution in [3.05, 3.63) is 0 Å². The SMILES string of the molecule is CCCCN1CCC(NC(=NCC(=O)N(C)C)NCC(C)C)CC1.I. The van der Waals surface area contributed by atoms with Crippen LogP contribution in [0, 0.1) is 5.92 Å². The van der Waals surface area contributed by atoms with Gasteiger partial charge in [0.1, 0.15) is 6.54 Å². The van der Waals surface area contributed by atoms with Crippen LogP contribution in [-0.4, -0.2) is 74.5 Å². The van der Waals surface area contributed by atoms with Gasteiger partial charge in [0.25, 0.3) is 0 Å². The minimum atomic E-state index is 0. The number of rotatable bonds is 8. The number of unbranched alkanes of at least 4 members (excludes halogenated alkanes) is 1. The molecule has 0 aromatic rings. The zero-order valence-corrected chi connectivity index (χ0v) is 19.0. The van der Waals surface area contributed by atoms with Crippen molar-refractivity contribution in [2.45, 2.75) is 52.5 Å². The number of likely N-dealkylation sites (tertiary alicyclic amines) is 1. The normalized spacial score (nSPS) is 16.5. The summed E-state index contributed by atoms with van der Waals surface area (Å²) in [6.07, 6.45) is 4.81. The van der Waals surface area contributed by atoms with Crippen LogP contribution in [0.4, 0.5) is 0 Å². The first-order chi connectivity index (χ1) is 11.4. The van der Waals surface area contributed by atoms with Crippen molar-refractivity contribution in [3.63, 3.8) is 0 Å². The number of amides is 1. The summed E-state index contributed by atoms with van der Waals surface area (Å²) in [5, 5.41) is 6.88. The van der Waals surface area contributed by atoms with Crippen LogP contribution in [-0.2, 0) is 4.79 Å². The Balaban J connectivity index is 0.00000576. The summed E-state index contributed by atoms with van der Waals surface area (Å²) < 4.78 is 0. The Morgan fingerprint density at radius 1 is 1.28 bits per heavy atom. The van der Waals surface area contributed by atoms with E-state index in [1.807, 2.05) is 0 Å². The molecular formula is C18H38IN5O. The number of nitrogens with one attached hydrogen (secondary N) is 2. The lowest BCUT2D eigenvalue weighted by Gasteiger charge is -2.33. The maximum absolute atomic E-state index is 11.8. The number of halogens is 1. The molecule has 7 heteroatoms. The molecule has 0 aromatic carbocycles. The van der Waals surface area contributed by atoms with Crippen molar-refractivity contribution in [2.75, 3.05) is 46.8 Å². The Morgan fingerprint density at radius 2 is 1.92 bits per heavy atom. The third-order valence-corrected chi connectivity index (χ3v) is 4.31. The minimum absolute atomic E-state index is 0. The molecule has 0 aromatic heterocycles. The number of hydrogen-bond donors (Lipinski definition) is 2. The number of carbonyl (C=O) groups is 1. The lowest BCUT2D eigenvalue weighted by Crippen LogP contribution is -2.49. The molecule has 1 aliphatic heterocycles. The zero-order chi connectivity index (χ0) is 17.9. The summed E-state index contributed by atoms with van der Waals surface area (Å²) in [5.41, 5.74) is 0. The number of aliphatic imine (C=N–C) groups is 1. The van der Waals surface area contributed by atoms with Crippen LogP contribution in [0.1, 0.15) is 46.5 Å². The smallest absolute Gasteiger partial charge is 0.243 e. The zero-order valence-electron chi connectivity index (χ0n) is 16.7. The summed E-state index contributed by atoms with van der Waals surface area (Å²) in [6.45, 7) is 11.1. The van der Waals surface area contributed by atoms with Crippen LogP contribution < -0.4 is 10.6 Å². The molecule has 2 N–H and O–H groups in total. The summed E-state index contributed by atoms with van der Waals surface area (Å²) in [5.74, 6) is 1.33. The maximum Gasteiger partial charge on any atom is 0.243 e. The summed E-state index contributed by atoms with van der Waals surface area (Å²) in [4.78, 5) is 20.4. The van der Waals surface area contributed by atoms with Gasteiger partial charge in [0.05, 0.1) is 0 Å². The number of likely N-dealkylation sites (N-methyl/N-ethyl adjacent to an activating group) is 1. The molecule has 6 nitrogen and oxygen atoms in total. The van der Waals surface area contributed by atoms with Crippen molar-refractivity contribution >= 4 is 35.8 Å². The lowest BCUT2D eigenvalue weighted by atomic mass is 10.0. The molecule has 1 saturated heterocycles. The highest BCUT2D eigenvalue weighted by Crippen LogP contribution is 2.11. The van der Waals surface area contributed by atoms with Gasteiger partial charge in [-0.15, -0.1) is 24.0 Å². The van der Waals surface area contributed by atoms with Crippen molar-refractivity contribution in [1.29, 1.82) is 0 Å². The number of guanidine groups is 1. The van der Waals surface area contributed by atoms with Gasteiger partial charge in [-0.05, 0) is 31.7 Å². The van der Waals surface area contributed by atoms with Crippen LogP contribution in [0.15, 0.2) is 4.99 Å². The first kappa shape index (κ1) is 24.4. The highest BCUT2D eigenvalue weighted by atomic mass is 127. The third-order valence-electron chi connectivity index (χ3n) is 4.31. The molecule has 25 heavy (non-hydrogen) atoms. The van der Waals surface area contributed by atoms with Gasteiger partial charge in [0, 0.05) is 39.8 Å². The molecule has 0 saturated carbocycles. The van der Waals surface area contributed by atoms with Gasteiger partial charge in [-0.1, -0.05) is 27.2 Å². The summed E-state index contributed by atoms with van der Waals surface area (Å²) in [7, 11) is 3.52. The third kappa shape index (κ3) is 10.9. The highest BCUT2D eigenvalue weighted by Gasteiger charge is 2.19. The van der Waals surface area contributed by atoms with E-state index in [0.29, 0.717) is 12.0 Å². The predicted octanol–water partition coefficient (Wildman–Crippen LogP) is 2.15. The first-order valence-corrected chi connectivity index (χ1v) is 9.39. The quantitative estimate of drug-likeness (QED) is 0.326. The van der Waals surface area contributed by atoms with Crippen LogP contribution in [0.5, 0.6) is 0 Å². The van der Waals surface area contributed by atoms with E-state index in [9.17, 15) is 4.79 Å². The lowest BCUT2D eigenvalue weighted by molar-refractivity contribution is -0.127. The first-order valence-electron chi connectivity index (χ1n) is 9.39. The molecule has 0 aliphatic carbocycles. The predicted molar refractivity (Wildman–Crippen MR) is 117 cm³/mol. The van der Waals surface area contributed by atoms with E-state index in [1.54, 1.807) is 19.0 Å². The molecule has 0 spiro atoms. The van der Waals surface area contributed by atoms with Crippen LogP contribution in [0.2, 0.25) is 0 Å². The Morgan fingerprint density at radius 3 is 2.44 bits per heavy atom. The van der Waals surface area contributed by atoms with Crippen LogP contribution in [0.25, 0.3) is 0 Å². The Kier molecular flexibility index (Phi) is 13.3. The van der Waals surface area contributed by atoms with Crippen molar-refractivity contribution in [3.8, 4) is 0 Å². The molecule has 1 heterocycles. The molecule has 1 fully saturated rings. The molecule has 1 amide bonds. The van der Waals surface area contributed by atoms with Gasteiger partial charge in [-0.2, -0.15) is 0 Å². The van der Waals surface area contributed by atoms with Gasteiger partial charge in [0.2, 0.25) is 5.91 Å². The van der Waals surface area contributed by atoms with Crippen LogP contribution in [0.3, 0.4) is 0 Å². The van der Waals surface area contributed by atoms with E-state index < -0.39 is 0 Å². The maximum atomic E-state index is 11.8. The van der Waals surface area contributed by atoms with E-state index >= 15 is 0 Å². The highest BCUT2D eigenvalue weighted by molar-refractivity contribution is 14.0. The molecular weight excluding hydrogens is 429 g/mol. The van der Waals surface area contributed by atoms with E-state index in [-0.39, 0.29) is 36.4 Å². The van der Waals surface area contributed by atoms with Crippen molar-refractivity contribution < 1.29 is 4.79 Å². The number of hydrogen-bond acceptors (Lipinski definition) is 3. The van der Waals surface area contributed by atoms with Crippen molar-refractivity contribution in [2.24, 2.45) is 10.9 Å². The van der Waals surface area contributed by atoms with E-state index in [0.717, 1.165) is 38.4 Å². The fourth-order valence-electron chi connectivity index (χ4n) is 2.62. The van der Waals surface area contributed by atoms with Crippen LogP contribution >= 0.6 is 24.0 Å². The Hall–Kier alpha value is -0.570. The largest absolute Gasteiger partial charge is 0.356 e. The van der Waals surface area contributed by atoms with Gasteiger partial charge < -0.3 is 20.4 Å². The Labute approximate surface area is 171 Å². The average Bonchev–Trinajstić information content (AvgIpc) is 2.56. The molecule has 1 aliphatic rings. The van der Waals surface area contributed by atoms with E-state index in [2.05, 4.69) is 41.3 Å². The molecule has 0 radical (unpaired) electrons.